The highest BCUT2D eigenvalue weighted by Gasteiger charge is 2.20. The molecule has 0 saturated heterocycles. The first-order chi connectivity index (χ1) is 14.4. The zero-order chi connectivity index (χ0) is 23.8. The van der Waals surface area contributed by atoms with Crippen molar-refractivity contribution in [2.24, 2.45) is 10.2 Å². The Balaban J connectivity index is 0.00000233. The molecule has 0 aliphatic rings. The third kappa shape index (κ3) is 7.49. The highest BCUT2D eigenvalue weighted by molar-refractivity contribution is 7.86. The first-order valence-electron chi connectivity index (χ1n) is 8.41. The van der Waals surface area contributed by atoms with Gasteiger partial charge in [0.25, 0.3) is 20.2 Å². The van der Waals surface area contributed by atoms with Crippen molar-refractivity contribution in [2.45, 2.75) is 30.6 Å². The van der Waals surface area contributed by atoms with Gasteiger partial charge in [0.1, 0.15) is 22.1 Å². The van der Waals surface area contributed by atoms with Crippen LogP contribution in [0.2, 0.25) is 0 Å². The highest BCUT2D eigenvalue weighted by atomic mass is 32.2. The van der Waals surface area contributed by atoms with Gasteiger partial charge in [-0.25, -0.2) is 4.98 Å². The Morgan fingerprint density at radius 3 is 2.13 bits per heavy atom. The van der Waals surface area contributed by atoms with Crippen LogP contribution >= 0.6 is 0 Å². The van der Waals surface area contributed by atoms with E-state index in [2.05, 4.69) is 25.8 Å². The number of nitrogens with zero attached hydrogens (tertiary/aromatic N) is 3. The van der Waals surface area contributed by atoms with Gasteiger partial charge in [-0.2, -0.15) is 16.8 Å². The monoisotopic (exact) mass is 473 g/mol. The van der Waals surface area contributed by atoms with Crippen molar-refractivity contribution in [3.8, 4) is 0 Å². The topological polar surface area (TPSA) is 205 Å². The Hall–Kier alpha value is -3.27. The molecule has 168 valence electrons. The highest BCUT2D eigenvalue weighted by Crippen LogP contribution is 2.31. The van der Waals surface area contributed by atoms with E-state index in [1.807, 2.05) is 13.8 Å². The second kappa shape index (κ2) is 10.7. The lowest BCUT2D eigenvalue weighted by molar-refractivity contribution is -0.114. The molecule has 0 bridgehead atoms. The molecule has 2 rings (SSSR count). The summed E-state index contributed by atoms with van der Waals surface area (Å²) >= 11 is 0. The zero-order valence-corrected chi connectivity index (χ0v) is 18.1. The van der Waals surface area contributed by atoms with Crippen LogP contribution in [0.1, 0.15) is 20.8 Å². The molecule has 0 unspecified atom stereocenters. The molecule has 15 heteroatoms. The number of hydrogen-bond acceptors (Lipinski definition) is 9. The summed E-state index contributed by atoms with van der Waals surface area (Å²) in [4.78, 5) is 24.3. The molecule has 0 saturated carbocycles. The van der Waals surface area contributed by atoms with Gasteiger partial charge in [0.15, 0.2) is 5.82 Å². The Morgan fingerprint density at radius 1 is 1.00 bits per heavy atom. The smallest absolute Gasteiger partial charge is 0.296 e. The Morgan fingerprint density at radius 2 is 1.61 bits per heavy atom. The Labute approximate surface area is 178 Å². The van der Waals surface area contributed by atoms with E-state index in [0.29, 0.717) is 6.07 Å². The van der Waals surface area contributed by atoms with Gasteiger partial charge in [-0.05, 0) is 30.3 Å². The van der Waals surface area contributed by atoms with E-state index in [9.17, 15) is 31.0 Å². The van der Waals surface area contributed by atoms with Crippen LogP contribution in [0.4, 0.5) is 23.0 Å². The average molecular weight is 473 g/mol. The summed E-state index contributed by atoms with van der Waals surface area (Å²) in [6, 6.07) is 4.72. The molecule has 0 atom stereocenters. The molecule has 13 nitrogen and oxygen atoms in total. The zero-order valence-electron chi connectivity index (χ0n) is 16.5. The minimum absolute atomic E-state index is 0.0767. The number of pyridine rings is 1. The van der Waals surface area contributed by atoms with Gasteiger partial charge < -0.3 is 10.6 Å². The van der Waals surface area contributed by atoms with Crippen LogP contribution < -0.4 is 10.6 Å². The number of amides is 2. The van der Waals surface area contributed by atoms with Crippen LogP contribution in [0.3, 0.4) is 0 Å². The molecular weight excluding hydrogens is 454 g/mol. The molecule has 0 aliphatic carbocycles. The summed E-state index contributed by atoms with van der Waals surface area (Å²) in [5.74, 6) is -0.508. The molecule has 4 N–H and O–H groups in total. The fourth-order valence-corrected chi connectivity index (χ4v) is 3.11. The third-order valence-corrected chi connectivity index (χ3v) is 4.90. The van der Waals surface area contributed by atoms with Gasteiger partial charge in [0.05, 0.1) is 4.90 Å². The lowest BCUT2D eigenvalue weighted by atomic mass is 10.3. The normalized spacial score (nSPS) is 11.4. The first-order valence-corrected chi connectivity index (χ1v) is 11.3. The SMILES string of the molecule is CC.CC(=O)Nc1ccc(N=Nc2cc(S(=O)(=O)O)ccc2S(=O)(=O)O)c(NC=O)n1. The summed E-state index contributed by atoms with van der Waals surface area (Å²) in [5.41, 5.74) is -0.699. The number of azo groups is 1. The van der Waals surface area contributed by atoms with E-state index in [0.717, 1.165) is 12.1 Å². The molecule has 31 heavy (non-hydrogen) atoms. The summed E-state index contributed by atoms with van der Waals surface area (Å²) < 4.78 is 63.8. The Kier molecular flexibility index (Phi) is 8.87. The summed E-state index contributed by atoms with van der Waals surface area (Å²) in [7, 11) is -9.50. The molecule has 1 aromatic carbocycles. The molecule has 2 amide bonds. The number of anilines is 2. The summed E-state index contributed by atoms with van der Waals surface area (Å²) in [6.45, 7) is 5.24. The summed E-state index contributed by atoms with van der Waals surface area (Å²) in [6.07, 6.45) is 0.265. The molecule has 0 spiro atoms. The Bertz CT molecular complexity index is 1210. The second-order valence-corrected chi connectivity index (χ2v) is 8.10. The number of carbonyl (C=O) groups excluding carboxylic acids is 2. The van der Waals surface area contributed by atoms with Crippen molar-refractivity contribution in [1.82, 2.24) is 4.98 Å². The van der Waals surface area contributed by atoms with Crippen LogP contribution in [0.5, 0.6) is 0 Å². The van der Waals surface area contributed by atoms with Gasteiger partial charge in [-0.15, -0.1) is 10.2 Å². The number of hydrogen-bond donors (Lipinski definition) is 4. The number of benzene rings is 1. The van der Waals surface area contributed by atoms with Crippen molar-refractivity contribution < 1.29 is 35.5 Å². The molecule has 0 radical (unpaired) electrons. The number of nitrogens with one attached hydrogen (secondary N) is 2. The molecular formula is C16H19N5O8S2. The second-order valence-electron chi connectivity index (χ2n) is 5.29. The van der Waals surface area contributed by atoms with E-state index in [4.69, 9.17) is 4.55 Å². The number of aromatic nitrogens is 1. The van der Waals surface area contributed by atoms with E-state index in [1.165, 1.54) is 19.1 Å². The maximum atomic E-state index is 11.5. The van der Waals surface area contributed by atoms with Crippen molar-refractivity contribution in [3.63, 3.8) is 0 Å². The van der Waals surface area contributed by atoms with Crippen molar-refractivity contribution in [3.05, 3.63) is 30.3 Å². The maximum absolute atomic E-state index is 11.5. The molecule has 1 heterocycles. The maximum Gasteiger partial charge on any atom is 0.296 e. The van der Waals surface area contributed by atoms with Crippen LogP contribution in [0, 0.1) is 0 Å². The quantitative estimate of drug-likeness (QED) is 0.264. The van der Waals surface area contributed by atoms with Crippen molar-refractivity contribution in [1.29, 1.82) is 0 Å². The van der Waals surface area contributed by atoms with Crippen molar-refractivity contribution >= 4 is 55.6 Å². The fraction of sp³-hybridized carbons (Fsp3) is 0.188. The third-order valence-electron chi connectivity index (χ3n) is 3.15. The molecule has 0 fully saturated rings. The average Bonchev–Trinajstić information content (AvgIpc) is 2.67. The molecule has 0 aliphatic heterocycles. The minimum Gasteiger partial charge on any atom is -0.311 e. The minimum atomic E-state index is -4.81. The van der Waals surface area contributed by atoms with E-state index in [-0.39, 0.29) is 23.7 Å². The predicted octanol–water partition coefficient (Wildman–Crippen LogP) is 2.54. The molecule has 2 aromatic rings. The molecule has 1 aromatic heterocycles. The van der Waals surface area contributed by atoms with Gasteiger partial charge in [0.2, 0.25) is 12.3 Å². The van der Waals surface area contributed by atoms with Gasteiger partial charge in [-0.3, -0.25) is 18.7 Å². The largest absolute Gasteiger partial charge is 0.311 e. The van der Waals surface area contributed by atoms with Crippen LogP contribution in [-0.4, -0.2) is 43.2 Å². The van der Waals surface area contributed by atoms with E-state index in [1.54, 1.807) is 0 Å². The summed E-state index contributed by atoms with van der Waals surface area (Å²) in [5, 5.41) is 11.8. The van der Waals surface area contributed by atoms with E-state index >= 15 is 0 Å². The van der Waals surface area contributed by atoms with Gasteiger partial charge in [-0.1, -0.05) is 13.8 Å². The van der Waals surface area contributed by atoms with Gasteiger partial charge in [0, 0.05) is 6.92 Å². The lowest BCUT2D eigenvalue weighted by Gasteiger charge is -2.07. The van der Waals surface area contributed by atoms with E-state index < -0.39 is 41.6 Å². The number of carbonyl (C=O) groups is 2. The van der Waals surface area contributed by atoms with Gasteiger partial charge >= 0.3 is 0 Å². The van der Waals surface area contributed by atoms with Crippen molar-refractivity contribution in [2.75, 3.05) is 10.6 Å². The van der Waals surface area contributed by atoms with Crippen LogP contribution in [0.25, 0.3) is 0 Å². The standard InChI is InChI=1S/C14H13N5O8S2.C2H6/c1-8(21)16-13-5-3-10(14(17-13)15-7-20)18-19-11-6-9(28(22,23)24)2-4-12(11)29(25,26)27;1-2/h2-7H,1H3,(H,22,23,24)(H,25,26,27)(H2,15,16,17,20,21);1-2H3. The van der Waals surface area contributed by atoms with Crippen LogP contribution in [-0.2, 0) is 29.8 Å². The van der Waals surface area contributed by atoms with Crippen LogP contribution in [0.15, 0.2) is 50.4 Å². The number of rotatable bonds is 7. The fourth-order valence-electron chi connectivity index (χ4n) is 2.01. The lowest BCUT2D eigenvalue weighted by Crippen LogP contribution is -2.08. The predicted molar refractivity (Wildman–Crippen MR) is 110 cm³/mol. The first kappa shape index (κ1) is 25.8.